The van der Waals surface area contributed by atoms with Gasteiger partial charge in [0.1, 0.15) is 0 Å². The van der Waals surface area contributed by atoms with Gasteiger partial charge in [-0.3, -0.25) is 4.68 Å². The quantitative estimate of drug-likeness (QED) is 0.839. The van der Waals surface area contributed by atoms with Crippen molar-refractivity contribution in [3.63, 3.8) is 0 Å². The van der Waals surface area contributed by atoms with Crippen molar-refractivity contribution in [2.45, 2.75) is 58.6 Å². The third-order valence-electron chi connectivity index (χ3n) is 5.00. The van der Waals surface area contributed by atoms with Gasteiger partial charge in [0.25, 0.3) is 0 Å². The molecular formula is C17H29N3O. The lowest BCUT2D eigenvalue weighted by Gasteiger charge is -2.34. The van der Waals surface area contributed by atoms with Crippen LogP contribution in [0.1, 0.15) is 51.8 Å². The minimum atomic E-state index is 0.243. The van der Waals surface area contributed by atoms with E-state index in [0.717, 1.165) is 38.5 Å². The predicted octanol–water partition coefficient (Wildman–Crippen LogP) is 2.80. The Labute approximate surface area is 128 Å². The van der Waals surface area contributed by atoms with Crippen LogP contribution in [0.15, 0.2) is 12.3 Å². The summed E-state index contributed by atoms with van der Waals surface area (Å²) in [6.07, 6.45) is 7.44. The van der Waals surface area contributed by atoms with Crippen LogP contribution in [0, 0.1) is 11.3 Å². The first-order valence-corrected chi connectivity index (χ1v) is 8.51. The van der Waals surface area contributed by atoms with Crippen LogP contribution in [-0.4, -0.2) is 35.6 Å². The second-order valence-corrected chi connectivity index (χ2v) is 7.08. The Kier molecular flexibility index (Phi) is 4.36. The minimum absolute atomic E-state index is 0.243. The summed E-state index contributed by atoms with van der Waals surface area (Å²) in [5, 5.41) is 8.35. The highest BCUT2D eigenvalue weighted by Crippen LogP contribution is 2.49. The van der Waals surface area contributed by atoms with Crippen molar-refractivity contribution >= 4 is 0 Å². The molecule has 0 aromatic carbocycles. The summed E-state index contributed by atoms with van der Waals surface area (Å²) in [6.45, 7) is 9.53. The standard InChI is InChI=1S/C17H29N3O/c1-4-18-12-17(8-10-21-16(17)14-5-6-14)11-15-7-9-20(19-15)13(2)3/h7,9,13-14,16,18H,4-6,8,10-12H2,1-3H3. The molecule has 2 fully saturated rings. The van der Waals surface area contributed by atoms with Gasteiger partial charge in [-0.25, -0.2) is 0 Å². The Bertz CT molecular complexity index is 466. The molecule has 1 saturated heterocycles. The lowest BCUT2D eigenvalue weighted by Crippen LogP contribution is -2.43. The highest BCUT2D eigenvalue weighted by Gasteiger charge is 2.50. The predicted molar refractivity (Wildman–Crippen MR) is 84.4 cm³/mol. The zero-order chi connectivity index (χ0) is 14.9. The third-order valence-corrected chi connectivity index (χ3v) is 5.00. The normalized spacial score (nSPS) is 29.4. The number of nitrogens with zero attached hydrogens (tertiary/aromatic N) is 2. The maximum atomic E-state index is 6.14. The smallest absolute Gasteiger partial charge is 0.0676 e. The molecule has 0 bridgehead atoms. The molecular weight excluding hydrogens is 262 g/mol. The van der Waals surface area contributed by atoms with Crippen LogP contribution in [0.25, 0.3) is 0 Å². The van der Waals surface area contributed by atoms with Crippen LogP contribution in [0.2, 0.25) is 0 Å². The highest BCUT2D eigenvalue weighted by atomic mass is 16.5. The molecule has 1 aromatic rings. The van der Waals surface area contributed by atoms with Crippen molar-refractivity contribution in [2.75, 3.05) is 19.7 Å². The Hall–Kier alpha value is -0.870. The van der Waals surface area contributed by atoms with Crippen LogP contribution in [-0.2, 0) is 11.2 Å². The van der Waals surface area contributed by atoms with E-state index in [9.17, 15) is 0 Å². The first-order chi connectivity index (χ1) is 10.1. The lowest BCUT2D eigenvalue weighted by molar-refractivity contribution is 0.0304. The number of ether oxygens (including phenoxy) is 1. The first-order valence-electron chi connectivity index (χ1n) is 8.51. The van der Waals surface area contributed by atoms with E-state index in [0.29, 0.717) is 12.1 Å². The summed E-state index contributed by atoms with van der Waals surface area (Å²) in [5.41, 5.74) is 1.46. The third kappa shape index (κ3) is 3.16. The Morgan fingerprint density at radius 3 is 2.90 bits per heavy atom. The van der Waals surface area contributed by atoms with Crippen LogP contribution in [0.5, 0.6) is 0 Å². The van der Waals surface area contributed by atoms with E-state index in [2.05, 4.69) is 43.0 Å². The molecule has 2 heterocycles. The molecule has 1 aromatic heterocycles. The minimum Gasteiger partial charge on any atom is -0.377 e. The number of aromatic nitrogens is 2. The summed E-state index contributed by atoms with van der Waals surface area (Å²) in [7, 11) is 0. The number of hydrogen-bond donors (Lipinski definition) is 1. The average Bonchev–Trinajstić information content (AvgIpc) is 3.05. The molecule has 1 N–H and O–H groups in total. The van der Waals surface area contributed by atoms with E-state index in [1.54, 1.807) is 0 Å². The van der Waals surface area contributed by atoms with E-state index in [4.69, 9.17) is 9.84 Å². The molecule has 3 rings (SSSR count). The van der Waals surface area contributed by atoms with Crippen molar-refractivity contribution in [1.82, 2.24) is 15.1 Å². The maximum absolute atomic E-state index is 6.14. The van der Waals surface area contributed by atoms with E-state index in [-0.39, 0.29) is 5.41 Å². The molecule has 4 heteroatoms. The summed E-state index contributed by atoms with van der Waals surface area (Å²) >= 11 is 0. The van der Waals surface area contributed by atoms with Gasteiger partial charge in [0.15, 0.2) is 0 Å². The topological polar surface area (TPSA) is 39.1 Å². The molecule has 118 valence electrons. The van der Waals surface area contributed by atoms with Crippen LogP contribution >= 0.6 is 0 Å². The van der Waals surface area contributed by atoms with Gasteiger partial charge in [-0.15, -0.1) is 0 Å². The Balaban J connectivity index is 1.77. The van der Waals surface area contributed by atoms with Gasteiger partial charge in [0.05, 0.1) is 11.8 Å². The second kappa shape index (κ2) is 6.09. The van der Waals surface area contributed by atoms with Crippen molar-refractivity contribution in [3.8, 4) is 0 Å². The average molecular weight is 291 g/mol. The van der Waals surface area contributed by atoms with Gasteiger partial charge in [-0.2, -0.15) is 5.10 Å². The molecule has 4 nitrogen and oxygen atoms in total. The molecule has 21 heavy (non-hydrogen) atoms. The van der Waals surface area contributed by atoms with Crippen molar-refractivity contribution < 1.29 is 4.74 Å². The zero-order valence-corrected chi connectivity index (χ0v) is 13.6. The summed E-state index contributed by atoms with van der Waals surface area (Å²) < 4.78 is 8.21. The van der Waals surface area contributed by atoms with Gasteiger partial charge in [-0.1, -0.05) is 6.92 Å². The van der Waals surface area contributed by atoms with Gasteiger partial charge in [-0.05, 0) is 51.6 Å². The van der Waals surface area contributed by atoms with Crippen molar-refractivity contribution in [2.24, 2.45) is 11.3 Å². The van der Waals surface area contributed by atoms with Gasteiger partial charge in [0, 0.05) is 37.2 Å². The molecule has 0 radical (unpaired) electrons. The van der Waals surface area contributed by atoms with E-state index >= 15 is 0 Å². The van der Waals surface area contributed by atoms with Crippen LogP contribution in [0.4, 0.5) is 0 Å². The fourth-order valence-corrected chi connectivity index (χ4v) is 3.68. The van der Waals surface area contributed by atoms with Crippen molar-refractivity contribution in [1.29, 1.82) is 0 Å². The van der Waals surface area contributed by atoms with Gasteiger partial charge >= 0.3 is 0 Å². The van der Waals surface area contributed by atoms with Crippen LogP contribution in [0.3, 0.4) is 0 Å². The largest absolute Gasteiger partial charge is 0.377 e. The first kappa shape index (κ1) is 15.0. The van der Waals surface area contributed by atoms with E-state index in [1.807, 2.05) is 0 Å². The molecule has 2 unspecified atom stereocenters. The molecule has 0 spiro atoms. The summed E-state index contributed by atoms with van der Waals surface area (Å²) in [5.74, 6) is 0.790. The Morgan fingerprint density at radius 2 is 2.29 bits per heavy atom. The summed E-state index contributed by atoms with van der Waals surface area (Å²) in [4.78, 5) is 0. The molecule has 1 saturated carbocycles. The summed E-state index contributed by atoms with van der Waals surface area (Å²) in [6, 6.07) is 2.62. The number of rotatable bonds is 7. The second-order valence-electron chi connectivity index (χ2n) is 7.08. The monoisotopic (exact) mass is 291 g/mol. The van der Waals surface area contributed by atoms with Crippen molar-refractivity contribution in [3.05, 3.63) is 18.0 Å². The zero-order valence-electron chi connectivity index (χ0n) is 13.6. The van der Waals surface area contributed by atoms with Gasteiger partial charge < -0.3 is 10.1 Å². The Morgan fingerprint density at radius 1 is 1.48 bits per heavy atom. The highest BCUT2D eigenvalue weighted by molar-refractivity contribution is 5.10. The SMILES string of the molecule is CCNCC1(Cc2ccn(C(C)C)n2)CCOC1C1CC1. The fraction of sp³-hybridized carbons (Fsp3) is 0.824. The van der Waals surface area contributed by atoms with E-state index < -0.39 is 0 Å². The lowest BCUT2D eigenvalue weighted by atomic mass is 9.75. The number of nitrogens with one attached hydrogen (secondary N) is 1. The molecule has 0 amide bonds. The van der Waals surface area contributed by atoms with Gasteiger partial charge in [0.2, 0.25) is 0 Å². The molecule has 1 aliphatic heterocycles. The molecule has 2 atom stereocenters. The molecule has 2 aliphatic rings. The maximum Gasteiger partial charge on any atom is 0.0676 e. The molecule has 1 aliphatic carbocycles. The number of hydrogen-bond acceptors (Lipinski definition) is 3. The van der Waals surface area contributed by atoms with E-state index in [1.165, 1.54) is 18.5 Å². The van der Waals surface area contributed by atoms with Crippen LogP contribution < -0.4 is 5.32 Å². The fourth-order valence-electron chi connectivity index (χ4n) is 3.68.